The number of rotatable bonds is 5. The van der Waals surface area contributed by atoms with Crippen LogP contribution in [0.5, 0.6) is 5.75 Å². The minimum atomic E-state index is -0.666. The van der Waals surface area contributed by atoms with Crippen LogP contribution >= 0.6 is 0 Å². The fraction of sp³-hybridized carbons (Fsp3) is 0.235. The van der Waals surface area contributed by atoms with E-state index in [1.54, 1.807) is 6.92 Å². The van der Waals surface area contributed by atoms with Gasteiger partial charge in [-0.1, -0.05) is 19.1 Å². The van der Waals surface area contributed by atoms with Crippen LogP contribution in [0, 0.1) is 5.82 Å². The highest BCUT2D eigenvalue weighted by molar-refractivity contribution is 5.94. The molecule has 0 aliphatic heterocycles. The number of aryl methyl sites for hydroxylation is 1. The van der Waals surface area contributed by atoms with Gasteiger partial charge in [0.05, 0.1) is 0 Å². The van der Waals surface area contributed by atoms with Gasteiger partial charge < -0.3 is 10.1 Å². The van der Waals surface area contributed by atoms with E-state index in [2.05, 4.69) is 12.2 Å². The van der Waals surface area contributed by atoms with Crippen LogP contribution in [0.1, 0.15) is 19.4 Å². The predicted molar refractivity (Wildman–Crippen MR) is 80.9 cm³/mol. The Hall–Kier alpha value is -2.36. The molecule has 0 aromatic heterocycles. The molecule has 21 heavy (non-hydrogen) atoms. The first-order valence-corrected chi connectivity index (χ1v) is 6.90. The smallest absolute Gasteiger partial charge is 0.265 e. The Bertz CT molecular complexity index is 610. The van der Waals surface area contributed by atoms with Crippen molar-refractivity contribution in [2.24, 2.45) is 0 Å². The van der Waals surface area contributed by atoms with Gasteiger partial charge in [-0.25, -0.2) is 4.39 Å². The maximum atomic E-state index is 12.8. The van der Waals surface area contributed by atoms with Crippen LogP contribution in [0.4, 0.5) is 10.1 Å². The van der Waals surface area contributed by atoms with Crippen LogP contribution in [0.15, 0.2) is 48.5 Å². The van der Waals surface area contributed by atoms with Crippen LogP contribution in [-0.2, 0) is 11.2 Å². The van der Waals surface area contributed by atoms with Gasteiger partial charge in [-0.3, -0.25) is 4.79 Å². The number of nitrogens with one attached hydrogen (secondary N) is 1. The summed E-state index contributed by atoms with van der Waals surface area (Å²) in [6.45, 7) is 3.71. The lowest BCUT2D eigenvalue weighted by Crippen LogP contribution is -2.30. The fourth-order valence-corrected chi connectivity index (χ4v) is 1.88. The molecule has 4 heteroatoms. The second-order valence-corrected chi connectivity index (χ2v) is 4.76. The van der Waals surface area contributed by atoms with Crippen molar-refractivity contribution in [3.63, 3.8) is 0 Å². The lowest BCUT2D eigenvalue weighted by Gasteiger charge is -2.15. The van der Waals surface area contributed by atoms with E-state index in [1.165, 1.54) is 24.3 Å². The molecule has 0 aliphatic rings. The number of benzene rings is 2. The van der Waals surface area contributed by atoms with Gasteiger partial charge in [-0.2, -0.15) is 0 Å². The average Bonchev–Trinajstić information content (AvgIpc) is 2.49. The summed E-state index contributed by atoms with van der Waals surface area (Å²) in [4.78, 5) is 12.1. The van der Waals surface area contributed by atoms with E-state index in [0.717, 1.165) is 17.7 Å². The number of ether oxygens (including phenoxy) is 1. The Balaban J connectivity index is 1.97. The Morgan fingerprint density at radius 2 is 1.95 bits per heavy atom. The van der Waals surface area contributed by atoms with Gasteiger partial charge >= 0.3 is 0 Å². The topological polar surface area (TPSA) is 38.3 Å². The third-order valence-electron chi connectivity index (χ3n) is 3.10. The van der Waals surface area contributed by atoms with Gasteiger partial charge in [-0.05, 0) is 55.3 Å². The molecule has 0 spiro atoms. The summed E-state index contributed by atoms with van der Waals surface area (Å²) in [7, 11) is 0. The summed E-state index contributed by atoms with van der Waals surface area (Å²) in [5.74, 6) is -0.121. The molecule has 1 atom stereocenters. The summed E-state index contributed by atoms with van der Waals surface area (Å²) in [6.07, 6.45) is 0.242. The predicted octanol–water partition coefficient (Wildman–Crippen LogP) is 3.79. The highest BCUT2D eigenvalue weighted by Crippen LogP contribution is 2.15. The number of anilines is 1. The van der Waals surface area contributed by atoms with E-state index in [0.29, 0.717) is 5.75 Å². The SMILES string of the molecule is CCc1cccc(NC(=O)[C@H](C)Oc2ccc(F)cc2)c1. The van der Waals surface area contributed by atoms with Crippen LogP contribution in [0.25, 0.3) is 0 Å². The molecule has 1 amide bonds. The van der Waals surface area contributed by atoms with Crippen molar-refractivity contribution < 1.29 is 13.9 Å². The van der Waals surface area contributed by atoms with E-state index in [4.69, 9.17) is 4.74 Å². The maximum Gasteiger partial charge on any atom is 0.265 e. The number of amides is 1. The highest BCUT2D eigenvalue weighted by Gasteiger charge is 2.15. The fourth-order valence-electron chi connectivity index (χ4n) is 1.88. The van der Waals surface area contributed by atoms with Gasteiger partial charge in [-0.15, -0.1) is 0 Å². The Kier molecular flexibility index (Phi) is 4.93. The van der Waals surface area contributed by atoms with Crippen molar-refractivity contribution in [3.05, 3.63) is 59.9 Å². The Labute approximate surface area is 123 Å². The first-order chi connectivity index (χ1) is 10.1. The van der Waals surface area contributed by atoms with Crippen molar-refractivity contribution in [1.29, 1.82) is 0 Å². The molecule has 0 saturated heterocycles. The average molecular weight is 287 g/mol. The quantitative estimate of drug-likeness (QED) is 0.908. The van der Waals surface area contributed by atoms with Gasteiger partial charge in [0.1, 0.15) is 11.6 Å². The lowest BCUT2D eigenvalue weighted by molar-refractivity contribution is -0.122. The van der Waals surface area contributed by atoms with Crippen molar-refractivity contribution in [2.45, 2.75) is 26.4 Å². The molecule has 0 bridgehead atoms. The number of carbonyl (C=O) groups excluding carboxylic acids is 1. The van der Waals surface area contributed by atoms with E-state index in [-0.39, 0.29) is 11.7 Å². The molecule has 0 radical (unpaired) electrons. The van der Waals surface area contributed by atoms with Gasteiger partial charge in [0.25, 0.3) is 5.91 Å². The molecule has 0 unspecified atom stereocenters. The molecule has 0 heterocycles. The molecule has 3 nitrogen and oxygen atoms in total. The molecule has 0 saturated carbocycles. The Morgan fingerprint density at radius 3 is 2.62 bits per heavy atom. The summed E-state index contributed by atoms with van der Waals surface area (Å²) in [5.41, 5.74) is 1.90. The minimum absolute atomic E-state index is 0.243. The van der Waals surface area contributed by atoms with E-state index in [1.807, 2.05) is 24.3 Å². The molecule has 2 aromatic rings. The molecule has 2 rings (SSSR count). The van der Waals surface area contributed by atoms with E-state index < -0.39 is 6.10 Å². The zero-order valence-corrected chi connectivity index (χ0v) is 12.1. The molecular weight excluding hydrogens is 269 g/mol. The first kappa shape index (κ1) is 15.0. The zero-order valence-electron chi connectivity index (χ0n) is 12.1. The number of hydrogen-bond acceptors (Lipinski definition) is 2. The van der Waals surface area contributed by atoms with Crippen molar-refractivity contribution in [1.82, 2.24) is 0 Å². The standard InChI is InChI=1S/C17H18FNO2/c1-3-13-5-4-6-15(11-13)19-17(20)12(2)21-16-9-7-14(18)8-10-16/h4-12H,3H2,1-2H3,(H,19,20)/t12-/m0/s1. The molecule has 110 valence electrons. The normalized spacial score (nSPS) is 11.8. The van der Waals surface area contributed by atoms with Gasteiger partial charge in [0, 0.05) is 5.69 Å². The van der Waals surface area contributed by atoms with Crippen LogP contribution in [0.2, 0.25) is 0 Å². The monoisotopic (exact) mass is 287 g/mol. The second kappa shape index (κ2) is 6.88. The van der Waals surface area contributed by atoms with Crippen molar-refractivity contribution in [3.8, 4) is 5.75 Å². The van der Waals surface area contributed by atoms with Gasteiger partial charge in [0.2, 0.25) is 0 Å². The Morgan fingerprint density at radius 1 is 1.24 bits per heavy atom. The van der Waals surface area contributed by atoms with Crippen LogP contribution in [0.3, 0.4) is 0 Å². The summed E-state index contributed by atoms with van der Waals surface area (Å²) in [5, 5.41) is 2.81. The zero-order chi connectivity index (χ0) is 15.2. The summed E-state index contributed by atoms with van der Waals surface area (Å²) < 4.78 is 18.3. The second-order valence-electron chi connectivity index (χ2n) is 4.76. The largest absolute Gasteiger partial charge is 0.481 e. The van der Waals surface area contributed by atoms with Crippen LogP contribution in [-0.4, -0.2) is 12.0 Å². The van der Waals surface area contributed by atoms with Crippen molar-refractivity contribution >= 4 is 11.6 Å². The lowest BCUT2D eigenvalue weighted by atomic mass is 10.1. The number of hydrogen-bond donors (Lipinski definition) is 1. The maximum absolute atomic E-state index is 12.8. The molecule has 1 N–H and O–H groups in total. The van der Waals surface area contributed by atoms with E-state index >= 15 is 0 Å². The van der Waals surface area contributed by atoms with E-state index in [9.17, 15) is 9.18 Å². The van der Waals surface area contributed by atoms with Crippen LogP contribution < -0.4 is 10.1 Å². The first-order valence-electron chi connectivity index (χ1n) is 6.90. The molecular formula is C17H18FNO2. The number of halogens is 1. The van der Waals surface area contributed by atoms with Crippen molar-refractivity contribution in [2.75, 3.05) is 5.32 Å². The third-order valence-corrected chi connectivity index (χ3v) is 3.10. The minimum Gasteiger partial charge on any atom is -0.481 e. The highest BCUT2D eigenvalue weighted by atomic mass is 19.1. The number of carbonyl (C=O) groups is 1. The summed E-state index contributed by atoms with van der Waals surface area (Å²) in [6, 6.07) is 13.3. The molecule has 2 aromatic carbocycles. The molecule has 0 fully saturated rings. The third kappa shape index (κ3) is 4.31. The van der Waals surface area contributed by atoms with Gasteiger partial charge in [0.15, 0.2) is 6.10 Å². The summed E-state index contributed by atoms with van der Waals surface area (Å²) >= 11 is 0. The molecule has 0 aliphatic carbocycles.